The Labute approximate surface area is 164 Å². The number of benzene rings is 2. The van der Waals surface area contributed by atoms with Crippen molar-refractivity contribution in [3.05, 3.63) is 54.6 Å². The highest BCUT2D eigenvalue weighted by Crippen LogP contribution is 2.21. The van der Waals surface area contributed by atoms with Gasteiger partial charge >= 0.3 is 6.03 Å². The fourth-order valence-corrected chi connectivity index (χ4v) is 3.16. The second kappa shape index (κ2) is 9.75. The van der Waals surface area contributed by atoms with Gasteiger partial charge in [-0.3, -0.25) is 4.79 Å². The number of likely N-dealkylation sites (tertiary alicyclic amines) is 1. The van der Waals surface area contributed by atoms with Gasteiger partial charge in [-0.1, -0.05) is 18.2 Å². The van der Waals surface area contributed by atoms with E-state index in [0.29, 0.717) is 37.7 Å². The van der Waals surface area contributed by atoms with Crippen LogP contribution in [-0.4, -0.2) is 43.1 Å². The number of nitrogens with zero attached hydrogens (tertiary/aromatic N) is 1. The van der Waals surface area contributed by atoms with Gasteiger partial charge in [-0.15, -0.1) is 0 Å². The minimum Gasteiger partial charge on any atom is -0.492 e. The molecule has 4 N–H and O–H groups in total. The molecule has 7 nitrogen and oxygen atoms in total. The summed E-state index contributed by atoms with van der Waals surface area (Å²) in [7, 11) is 0. The first-order valence-electron chi connectivity index (χ1n) is 9.50. The average Bonchev–Trinajstić information content (AvgIpc) is 2.74. The number of ether oxygens (including phenoxy) is 1. The lowest BCUT2D eigenvalue weighted by Gasteiger charge is -2.32. The summed E-state index contributed by atoms with van der Waals surface area (Å²) in [5, 5.41) is 5.80. The van der Waals surface area contributed by atoms with E-state index in [4.69, 9.17) is 10.5 Å². The maximum absolute atomic E-state index is 12.6. The van der Waals surface area contributed by atoms with Crippen LogP contribution in [0.3, 0.4) is 0 Å². The van der Waals surface area contributed by atoms with Crippen molar-refractivity contribution in [1.82, 2.24) is 4.90 Å². The Kier molecular flexibility index (Phi) is 6.86. The van der Waals surface area contributed by atoms with Crippen molar-refractivity contribution in [1.29, 1.82) is 0 Å². The van der Waals surface area contributed by atoms with Crippen LogP contribution in [-0.2, 0) is 4.79 Å². The Bertz CT molecular complexity index is 780. The van der Waals surface area contributed by atoms with E-state index >= 15 is 0 Å². The van der Waals surface area contributed by atoms with Crippen molar-refractivity contribution < 1.29 is 14.3 Å². The van der Waals surface area contributed by atoms with E-state index < -0.39 is 0 Å². The zero-order valence-corrected chi connectivity index (χ0v) is 15.8. The van der Waals surface area contributed by atoms with Crippen molar-refractivity contribution in [2.75, 3.05) is 36.9 Å². The maximum Gasteiger partial charge on any atom is 0.321 e. The SMILES string of the molecule is NCCOc1ccc(NC(=O)C2CCCN(C(=O)Nc3ccccc3)C2)cc1. The van der Waals surface area contributed by atoms with E-state index in [2.05, 4.69) is 10.6 Å². The Morgan fingerprint density at radius 3 is 2.46 bits per heavy atom. The largest absolute Gasteiger partial charge is 0.492 e. The highest BCUT2D eigenvalue weighted by Gasteiger charge is 2.28. The smallest absolute Gasteiger partial charge is 0.321 e. The monoisotopic (exact) mass is 382 g/mol. The van der Waals surface area contributed by atoms with Crippen LogP contribution < -0.4 is 21.1 Å². The predicted octanol–water partition coefficient (Wildman–Crippen LogP) is 2.91. The molecule has 7 heteroatoms. The molecule has 2 aromatic carbocycles. The third-order valence-corrected chi connectivity index (χ3v) is 4.61. The minimum absolute atomic E-state index is 0.0761. The van der Waals surface area contributed by atoms with Gasteiger partial charge in [0.05, 0.1) is 5.92 Å². The highest BCUT2D eigenvalue weighted by atomic mass is 16.5. The molecular formula is C21H26N4O3. The summed E-state index contributed by atoms with van der Waals surface area (Å²) in [6.07, 6.45) is 1.56. The molecule has 28 heavy (non-hydrogen) atoms. The number of amides is 3. The fourth-order valence-electron chi connectivity index (χ4n) is 3.16. The number of piperidine rings is 1. The second-order valence-electron chi connectivity index (χ2n) is 6.73. The van der Waals surface area contributed by atoms with Gasteiger partial charge in [0.15, 0.2) is 0 Å². The maximum atomic E-state index is 12.6. The normalized spacial score (nSPS) is 16.3. The first-order valence-corrected chi connectivity index (χ1v) is 9.50. The predicted molar refractivity (Wildman–Crippen MR) is 109 cm³/mol. The molecule has 1 atom stereocenters. The van der Waals surface area contributed by atoms with Crippen LogP contribution in [0.2, 0.25) is 0 Å². The second-order valence-corrected chi connectivity index (χ2v) is 6.73. The molecule has 0 aromatic heterocycles. The summed E-state index contributed by atoms with van der Waals surface area (Å²) in [5.41, 5.74) is 6.87. The summed E-state index contributed by atoms with van der Waals surface area (Å²) in [6, 6.07) is 16.3. The van der Waals surface area contributed by atoms with Crippen molar-refractivity contribution in [3.63, 3.8) is 0 Å². The lowest BCUT2D eigenvalue weighted by atomic mass is 9.97. The van der Waals surface area contributed by atoms with Crippen molar-refractivity contribution >= 4 is 23.3 Å². The Balaban J connectivity index is 1.53. The van der Waals surface area contributed by atoms with Crippen LogP contribution in [0.25, 0.3) is 0 Å². The standard InChI is InChI=1S/C21H26N4O3/c22-12-14-28-19-10-8-18(9-11-19)23-20(26)16-5-4-13-25(15-16)21(27)24-17-6-2-1-3-7-17/h1-3,6-11,16H,4-5,12-15,22H2,(H,23,26)(H,24,27). The first-order chi connectivity index (χ1) is 13.7. The van der Waals surface area contributed by atoms with Gasteiger partial charge < -0.3 is 26.0 Å². The number of carbonyl (C=O) groups is 2. The Morgan fingerprint density at radius 2 is 1.75 bits per heavy atom. The summed E-state index contributed by atoms with van der Waals surface area (Å²) in [6.45, 7) is 1.96. The van der Waals surface area contributed by atoms with Crippen LogP contribution in [0, 0.1) is 5.92 Å². The summed E-state index contributed by atoms with van der Waals surface area (Å²) < 4.78 is 5.43. The van der Waals surface area contributed by atoms with Gasteiger partial charge in [-0.25, -0.2) is 4.79 Å². The van der Waals surface area contributed by atoms with Crippen molar-refractivity contribution in [3.8, 4) is 5.75 Å². The molecule has 1 aliphatic heterocycles. The number of carbonyl (C=O) groups excluding carboxylic acids is 2. The van der Waals surface area contributed by atoms with E-state index in [0.717, 1.165) is 18.5 Å². The van der Waals surface area contributed by atoms with Gasteiger partial charge in [0, 0.05) is 31.0 Å². The number of para-hydroxylation sites is 1. The van der Waals surface area contributed by atoms with E-state index in [1.54, 1.807) is 29.2 Å². The molecular weight excluding hydrogens is 356 g/mol. The molecule has 3 rings (SSSR count). The zero-order chi connectivity index (χ0) is 19.8. The molecule has 148 valence electrons. The van der Waals surface area contributed by atoms with E-state index in [9.17, 15) is 9.59 Å². The molecule has 1 heterocycles. The number of hydrogen-bond acceptors (Lipinski definition) is 4. The molecule has 1 aliphatic rings. The number of nitrogens with one attached hydrogen (secondary N) is 2. The molecule has 0 aliphatic carbocycles. The molecule has 0 spiro atoms. The van der Waals surface area contributed by atoms with Gasteiger partial charge in [0.25, 0.3) is 0 Å². The Morgan fingerprint density at radius 1 is 1.04 bits per heavy atom. The molecule has 0 radical (unpaired) electrons. The number of anilines is 2. The lowest BCUT2D eigenvalue weighted by Crippen LogP contribution is -2.45. The van der Waals surface area contributed by atoms with Crippen molar-refractivity contribution in [2.24, 2.45) is 11.7 Å². The van der Waals surface area contributed by atoms with Crippen LogP contribution >= 0.6 is 0 Å². The summed E-state index contributed by atoms with van der Waals surface area (Å²) in [5.74, 6) is 0.404. The quantitative estimate of drug-likeness (QED) is 0.716. The first kappa shape index (κ1) is 19.7. The number of hydrogen-bond donors (Lipinski definition) is 3. The Hall–Kier alpha value is -3.06. The third kappa shape index (κ3) is 5.47. The van der Waals surface area contributed by atoms with Crippen LogP contribution in [0.4, 0.5) is 16.2 Å². The van der Waals surface area contributed by atoms with Gasteiger partial charge in [0.2, 0.25) is 5.91 Å². The number of nitrogens with two attached hydrogens (primary N) is 1. The zero-order valence-electron chi connectivity index (χ0n) is 15.8. The molecule has 2 aromatic rings. The third-order valence-electron chi connectivity index (χ3n) is 4.61. The summed E-state index contributed by atoms with van der Waals surface area (Å²) >= 11 is 0. The fraction of sp³-hybridized carbons (Fsp3) is 0.333. The number of urea groups is 1. The van der Waals surface area contributed by atoms with Gasteiger partial charge in [-0.2, -0.15) is 0 Å². The molecule has 0 bridgehead atoms. The van der Waals surface area contributed by atoms with Crippen LogP contribution in [0.5, 0.6) is 5.75 Å². The lowest BCUT2D eigenvalue weighted by molar-refractivity contribution is -0.121. The van der Waals surface area contributed by atoms with Crippen LogP contribution in [0.1, 0.15) is 12.8 Å². The molecule has 3 amide bonds. The highest BCUT2D eigenvalue weighted by molar-refractivity contribution is 5.94. The van der Waals surface area contributed by atoms with E-state index in [1.165, 1.54) is 0 Å². The molecule has 0 saturated carbocycles. The number of rotatable bonds is 6. The minimum atomic E-state index is -0.233. The summed E-state index contributed by atoms with van der Waals surface area (Å²) in [4.78, 5) is 26.8. The van der Waals surface area contributed by atoms with Crippen molar-refractivity contribution in [2.45, 2.75) is 12.8 Å². The topological polar surface area (TPSA) is 96.7 Å². The molecule has 1 fully saturated rings. The van der Waals surface area contributed by atoms with Gasteiger partial charge in [-0.05, 0) is 49.2 Å². The molecule has 1 saturated heterocycles. The molecule has 1 unspecified atom stereocenters. The average molecular weight is 382 g/mol. The van der Waals surface area contributed by atoms with Gasteiger partial charge in [0.1, 0.15) is 12.4 Å². The van der Waals surface area contributed by atoms with E-state index in [1.807, 2.05) is 30.3 Å². The van der Waals surface area contributed by atoms with Crippen LogP contribution in [0.15, 0.2) is 54.6 Å². The van der Waals surface area contributed by atoms with E-state index in [-0.39, 0.29) is 17.9 Å².